The van der Waals surface area contributed by atoms with Gasteiger partial charge < -0.3 is 10.0 Å². The predicted molar refractivity (Wildman–Crippen MR) is 68.7 cm³/mol. The highest BCUT2D eigenvalue weighted by Crippen LogP contribution is 2.12. The molecule has 1 N–H and O–H groups in total. The lowest BCUT2D eigenvalue weighted by Gasteiger charge is -2.38. The SMILES string of the molecule is CCC(C)N1CCN(CCC(C)(C)O)CC1. The van der Waals surface area contributed by atoms with Crippen LogP contribution in [0.4, 0.5) is 0 Å². The Morgan fingerprint density at radius 3 is 2.19 bits per heavy atom. The average Bonchev–Trinajstić information content (AvgIpc) is 2.25. The van der Waals surface area contributed by atoms with Gasteiger partial charge in [0.15, 0.2) is 0 Å². The topological polar surface area (TPSA) is 26.7 Å². The largest absolute Gasteiger partial charge is 0.390 e. The Hall–Kier alpha value is -0.120. The molecule has 0 saturated carbocycles. The van der Waals surface area contributed by atoms with E-state index >= 15 is 0 Å². The molecule has 1 atom stereocenters. The molecule has 16 heavy (non-hydrogen) atoms. The molecule has 0 radical (unpaired) electrons. The quantitative estimate of drug-likeness (QED) is 0.773. The predicted octanol–water partition coefficient (Wildman–Crippen LogP) is 1.56. The van der Waals surface area contributed by atoms with E-state index in [2.05, 4.69) is 23.6 Å². The number of aliphatic hydroxyl groups is 1. The van der Waals surface area contributed by atoms with Crippen LogP contribution in [0.25, 0.3) is 0 Å². The van der Waals surface area contributed by atoms with Crippen LogP contribution in [0.2, 0.25) is 0 Å². The number of rotatable bonds is 5. The van der Waals surface area contributed by atoms with Crippen LogP contribution >= 0.6 is 0 Å². The maximum absolute atomic E-state index is 9.69. The highest BCUT2D eigenvalue weighted by Gasteiger charge is 2.21. The van der Waals surface area contributed by atoms with Crippen molar-refractivity contribution < 1.29 is 5.11 Å². The van der Waals surface area contributed by atoms with Gasteiger partial charge in [0.25, 0.3) is 0 Å². The minimum absolute atomic E-state index is 0.520. The van der Waals surface area contributed by atoms with Gasteiger partial charge in [0, 0.05) is 38.8 Å². The van der Waals surface area contributed by atoms with Crippen LogP contribution in [0.15, 0.2) is 0 Å². The Morgan fingerprint density at radius 1 is 1.19 bits per heavy atom. The second kappa shape index (κ2) is 5.99. The average molecular weight is 228 g/mol. The Morgan fingerprint density at radius 2 is 1.75 bits per heavy atom. The molecule has 0 amide bonds. The molecule has 3 nitrogen and oxygen atoms in total. The van der Waals surface area contributed by atoms with E-state index in [1.807, 2.05) is 13.8 Å². The van der Waals surface area contributed by atoms with E-state index < -0.39 is 5.60 Å². The van der Waals surface area contributed by atoms with E-state index in [0.29, 0.717) is 0 Å². The standard InChI is InChI=1S/C13H28N2O/c1-5-12(2)15-10-8-14(9-11-15)7-6-13(3,4)16/h12,16H,5-11H2,1-4H3. The number of piperazine rings is 1. The van der Waals surface area contributed by atoms with E-state index in [1.165, 1.54) is 19.5 Å². The van der Waals surface area contributed by atoms with Gasteiger partial charge >= 0.3 is 0 Å². The van der Waals surface area contributed by atoms with Crippen LogP contribution in [-0.4, -0.2) is 59.3 Å². The lowest BCUT2D eigenvalue weighted by Crippen LogP contribution is -2.50. The molecular formula is C13H28N2O. The van der Waals surface area contributed by atoms with Crippen LogP contribution in [0.1, 0.15) is 40.5 Å². The van der Waals surface area contributed by atoms with Crippen LogP contribution < -0.4 is 0 Å². The molecule has 1 aliphatic heterocycles. The Kier molecular flexibility index (Phi) is 5.22. The maximum atomic E-state index is 9.69. The monoisotopic (exact) mass is 228 g/mol. The molecule has 1 heterocycles. The lowest BCUT2D eigenvalue weighted by molar-refractivity contribution is 0.0425. The minimum Gasteiger partial charge on any atom is -0.390 e. The number of nitrogens with zero attached hydrogens (tertiary/aromatic N) is 2. The summed E-state index contributed by atoms with van der Waals surface area (Å²) < 4.78 is 0. The smallest absolute Gasteiger partial charge is 0.0603 e. The zero-order valence-corrected chi connectivity index (χ0v) is 11.4. The Balaban J connectivity index is 2.22. The van der Waals surface area contributed by atoms with Gasteiger partial charge in [0.2, 0.25) is 0 Å². The molecule has 1 aliphatic rings. The second-order valence-electron chi connectivity index (χ2n) is 5.70. The number of hydrogen-bond donors (Lipinski definition) is 1. The summed E-state index contributed by atoms with van der Waals surface area (Å²) >= 11 is 0. The van der Waals surface area contributed by atoms with Gasteiger partial charge in [-0.25, -0.2) is 0 Å². The molecule has 1 fully saturated rings. The van der Waals surface area contributed by atoms with E-state index in [1.54, 1.807) is 0 Å². The highest BCUT2D eigenvalue weighted by atomic mass is 16.3. The molecule has 3 heteroatoms. The zero-order chi connectivity index (χ0) is 12.2. The molecule has 1 rings (SSSR count). The molecular weight excluding hydrogens is 200 g/mol. The van der Waals surface area contributed by atoms with Crippen molar-refractivity contribution in [1.82, 2.24) is 9.80 Å². The Bertz CT molecular complexity index is 193. The first-order valence-electron chi connectivity index (χ1n) is 6.61. The van der Waals surface area contributed by atoms with E-state index in [-0.39, 0.29) is 0 Å². The maximum Gasteiger partial charge on any atom is 0.0603 e. The zero-order valence-electron chi connectivity index (χ0n) is 11.4. The van der Waals surface area contributed by atoms with Gasteiger partial charge in [-0.3, -0.25) is 4.90 Å². The summed E-state index contributed by atoms with van der Waals surface area (Å²) in [6.07, 6.45) is 2.11. The molecule has 0 aromatic heterocycles. The van der Waals surface area contributed by atoms with E-state index in [9.17, 15) is 5.11 Å². The van der Waals surface area contributed by atoms with Crippen molar-refractivity contribution in [1.29, 1.82) is 0 Å². The third-order valence-electron chi connectivity index (χ3n) is 3.66. The fraction of sp³-hybridized carbons (Fsp3) is 1.00. The van der Waals surface area contributed by atoms with Crippen molar-refractivity contribution in [2.45, 2.75) is 52.2 Å². The summed E-state index contributed by atoms with van der Waals surface area (Å²) in [5.41, 5.74) is -0.520. The molecule has 0 spiro atoms. The molecule has 96 valence electrons. The first kappa shape index (κ1) is 13.9. The third kappa shape index (κ3) is 4.81. The van der Waals surface area contributed by atoms with Gasteiger partial charge in [-0.1, -0.05) is 6.92 Å². The van der Waals surface area contributed by atoms with Crippen molar-refractivity contribution in [3.05, 3.63) is 0 Å². The van der Waals surface area contributed by atoms with Gasteiger partial charge in [0.05, 0.1) is 5.60 Å². The molecule has 0 aromatic carbocycles. The van der Waals surface area contributed by atoms with Gasteiger partial charge in [-0.2, -0.15) is 0 Å². The van der Waals surface area contributed by atoms with Crippen LogP contribution in [0.5, 0.6) is 0 Å². The second-order valence-corrected chi connectivity index (χ2v) is 5.70. The van der Waals surface area contributed by atoms with Crippen LogP contribution in [-0.2, 0) is 0 Å². The van der Waals surface area contributed by atoms with Crippen molar-refractivity contribution in [2.24, 2.45) is 0 Å². The third-order valence-corrected chi connectivity index (χ3v) is 3.66. The number of hydrogen-bond acceptors (Lipinski definition) is 3. The lowest BCUT2D eigenvalue weighted by atomic mass is 10.1. The van der Waals surface area contributed by atoms with Gasteiger partial charge in [0.1, 0.15) is 0 Å². The van der Waals surface area contributed by atoms with Crippen molar-refractivity contribution in [3.8, 4) is 0 Å². The molecule has 0 aliphatic carbocycles. The summed E-state index contributed by atoms with van der Waals surface area (Å²) in [4.78, 5) is 5.04. The first-order valence-corrected chi connectivity index (χ1v) is 6.61. The summed E-state index contributed by atoms with van der Waals surface area (Å²) in [6.45, 7) is 14.0. The summed E-state index contributed by atoms with van der Waals surface area (Å²) in [5.74, 6) is 0. The minimum atomic E-state index is -0.520. The van der Waals surface area contributed by atoms with Crippen LogP contribution in [0, 0.1) is 0 Å². The van der Waals surface area contributed by atoms with E-state index in [0.717, 1.165) is 32.1 Å². The van der Waals surface area contributed by atoms with Crippen molar-refractivity contribution in [3.63, 3.8) is 0 Å². The molecule has 0 bridgehead atoms. The molecule has 1 saturated heterocycles. The van der Waals surface area contributed by atoms with Gasteiger partial charge in [-0.05, 0) is 33.6 Å². The van der Waals surface area contributed by atoms with Crippen LogP contribution in [0.3, 0.4) is 0 Å². The van der Waals surface area contributed by atoms with Crippen molar-refractivity contribution in [2.75, 3.05) is 32.7 Å². The Labute approximate surface area is 100 Å². The fourth-order valence-corrected chi connectivity index (χ4v) is 2.12. The highest BCUT2D eigenvalue weighted by molar-refractivity contribution is 4.77. The van der Waals surface area contributed by atoms with Gasteiger partial charge in [-0.15, -0.1) is 0 Å². The summed E-state index contributed by atoms with van der Waals surface area (Å²) in [5, 5.41) is 9.69. The van der Waals surface area contributed by atoms with E-state index in [4.69, 9.17) is 0 Å². The fourth-order valence-electron chi connectivity index (χ4n) is 2.12. The molecule has 0 aromatic rings. The normalized spacial score (nSPS) is 22.3. The van der Waals surface area contributed by atoms with Crippen molar-refractivity contribution >= 4 is 0 Å². The first-order chi connectivity index (χ1) is 7.42. The summed E-state index contributed by atoms with van der Waals surface area (Å²) in [6, 6.07) is 0.719. The molecule has 1 unspecified atom stereocenters. The summed E-state index contributed by atoms with van der Waals surface area (Å²) in [7, 11) is 0.